The van der Waals surface area contributed by atoms with Crippen molar-refractivity contribution in [1.82, 2.24) is 4.98 Å². The van der Waals surface area contributed by atoms with Crippen LogP contribution in [0.1, 0.15) is 18.9 Å². The quantitative estimate of drug-likeness (QED) is 0.691. The lowest BCUT2D eigenvalue weighted by Crippen LogP contribution is -1.97. The van der Waals surface area contributed by atoms with Crippen molar-refractivity contribution in [2.24, 2.45) is 0 Å². The van der Waals surface area contributed by atoms with Gasteiger partial charge in [0, 0.05) is 6.20 Å². The fourth-order valence-electron chi connectivity index (χ4n) is 0.930. The van der Waals surface area contributed by atoms with Crippen LogP contribution in [-0.4, -0.2) is 10.2 Å². The van der Waals surface area contributed by atoms with Crippen LogP contribution in [0.4, 0.5) is 0 Å². The molecule has 1 rings (SSSR count). The SMILES string of the molecule is CCC(C#N)Sc1ncccc1C. The molecule has 0 saturated heterocycles. The number of hydrogen-bond donors (Lipinski definition) is 0. The number of nitrogens with zero attached hydrogens (tertiary/aromatic N) is 2. The number of aryl methyl sites for hydroxylation is 1. The van der Waals surface area contributed by atoms with Crippen molar-refractivity contribution in [3.8, 4) is 6.07 Å². The van der Waals surface area contributed by atoms with Gasteiger partial charge in [-0.3, -0.25) is 0 Å². The predicted octanol–water partition coefficient (Wildman–Crippen LogP) is 2.78. The topological polar surface area (TPSA) is 36.7 Å². The van der Waals surface area contributed by atoms with Crippen molar-refractivity contribution in [3.05, 3.63) is 23.9 Å². The Kier molecular flexibility index (Phi) is 3.78. The zero-order valence-electron chi connectivity index (χ0n) is 7.82. The standard InChI is InChI=1S/C10H12N2S/c1-3-9(7-11)13-10-8(2)5-4-6-12-10/h4-6,9H,3H2,1-2H3. The third kappa shape index (κ3) is 2.74. The smallest absolute Gasteiger partial charge is 0.100 e. The molecular formula is C10H12N2S. The summed E-state index contributed by atoms with van der Waals surface area (Å²) in [6.07, 6.45) is 2.62. The number of thioether (sulfide) groups is 1. The minimum atomic E-state index is 0.0219. The van der Waals surface area contributed by atoms with E-state index in [1.54, 1.807) is 18.0 Å². The van der Waals surface area contributed by atoms with E-state index < -0.39 is 0 Å². The summed E-state index contributed by atoms with van der Waals surface area (Å²) in [6, 6.07) is 6.17. The Bertz CT molecular complexity index is 317. The van der Waals surface area contributed by atoms with Crippen molar-refractivity contribution in [1.29, 1.82) is 5.26 Å². The maximum Gasteiger partial charge on any atom is 0.100 e. The van der Waals surface area contributed by atoms with E-state index in [-0.39, 0.29) is 5.25 Å². The number of aromatic nitrogens is 1. The van der Waals surface area contributed by atoms with Gasteiger partial charge in [0.15, 0.2) is 0 Å². The van der Waals surface area contributed by atoms with E-state index in [0.717, 1.165) is 17.0 Å². The molecule has 0 aliphatic rings. The largest absolute Gasteiger partial charge is 0.250 e. The molecule has 1 unspecified atom stereocenters. The minimum Gasteiger partial charge on any atom is -0.250 e. The molecule has 0 radical (unpaired) electrons. The van der Waals surface area contributed by atoms with Gasteiger partial charge in [-0.15, -0.1) is 0 Å². The molecular weight excluding hydrogens is 180 g/mol. The molecule has 0 bridgehead atoms. The van der Waals surface area contributed by atoms with Crippen molar-refractivity contribution in [2.75, 3.05) is 0 Å². The van der Waals surface area contributed by atoms with Crippen molar-refractivity contribution < 1.29 is 0 Å². The fourth-order valence-corrected chi connectivity index (χ4v) is 1.79. The molecule has 0 N–H and O–H groups in total. The molecule has 0 spiro atoms. The van der Waals surface area contributed by atoms with Crippen LogP contribution in [0.5, 0.6) is 0 Å². The summed E-state index contributed by atoms with van der Waals surface area (Å²) in [4.78, 5) is 4.23. The highest BCUT2D eigenvalue weighted by Crippen LogP contribution is 2.25. The maximum atomic E-state index is 8.78. The number of hydrogen-bond acceptors (Lipinski definition) is 3. The summed E-state index contributed by atoms with van der Waals surface area (Å²) < 4.78 is 0. The maximum absolute atomic E-state index is 8.78. The van der Waals surface area contributed by atoms with Gasteiger partial charge < -0.3 is 0 Å². The van der Waals surface area contributed by atoms with Gasteiger partial charge >= 0.3 is 0 Å². The van der Waals surface area contributed by atoms with Gasteiger partial charge in [-0.25, -0.2) is 4.98 Å². The zero-order valence-corrected chi connectivity index (χ0v) is 8.64. The summed E-state index contributed by atoms with van der Waals surface area (Å²) in [5.74, 6) is 0. The zero-order chi connectivity index (χ0) is 9.68. The van der Waals surface area contributed by atoms with E-state index in [9.17, 15) is 0 Å². The van der Waals surface area contributed by atoms with Gasteiger partial charge in [0.1, 0.15) is 5.03 Å². The second-order valence-electron chi connectivity index (χ2n) is 2.77. The molecule has 1 aromatic heterocycles. The second kappa shape index (κ2) is 4.88. The summed E-state index contributed by atoms with van der Waals surface area (Å²) in [5, 5.41) is 9.77. The summed E-state index contributed by atoms with van der Waals surface area (Å²) in [5.41, 5.74) is 1.14. The highest BCUT2D eigenvalue weighted by molar-refractivity contribution is 8.00. The van der Waals surface area contributed by atoms with Gasteiger partial charge in [0.25, 0.3) is 0 Å². The molecule has 0 saturated carbocycles. The Labute approximate surface area is 83.0 Å². The molecule has 1 heterocycles. The third-order valence-electron chi connectivity index (χ3n) is 1.73. The molecule has 2 nitrogen and oxygen atoms in total. The number of rotatable bonds is 3. The molecule has 13 heavy (non-hydrogen) atoms. The van der Waals surface area contributed by atoms with E-state index in [0.29, 0.717) is 0 Å². The second-order valence-corrected chi connectivity index (χ2v) is 3.96. The lowest BCUT2D eigenvalue weighted by Gasteiger charge is -2.06. The Morgan fingerprint density at radius 1 is 1.69 bits per heavy atom. The van der Waals surface area contributed by atoms with Crippen LogP contribution in [0.3, 0.4) is 0 Å². The lowest BCUT2D eigenvalue weighted by atomic mass is 10.3. The van der Waals surface area contributed by atoms with Crippen LogP contribution in [-0.2, 0) is 0 Å². The van der Waals surface area contributed by atoms with E-state index >= 15 is 0 Å². The highest BCUT2D eigenvalue weighted by atomic mass is 32.2. The molecule has 1 aromatic rings. The van der Waals surface area contributed by atoms with Gasteiger partial charge in [-0.05, 0) is 25.0 Å². The van der Waals surface area contributed by atoms with Crippen molar-refractivity contribution in [2.45, 2.75) is 30.5 Å². The first kappa shape index (κ1) is 10.1. The Balaban J connectivity index is 2.74. The lowest BCUT2D eigenvalue weighted by molar-refractivity contribution is 0.972. The normalized spacial score (nSPS) is 12.1. The van der Waals surface area contributed by atoms with Crippen LogP contribution >= 0.6 is 11.8 Å². The van der Waals surface area contributed by atoms with Gasteiger partial charge in [-0.2, -0.15) is 5.26 Å². The van der Waals surface area contributed by atoms with Crippen molar-refractivity contribution >= 4 is 11.8 Å². The van der Waals surface area contributed by atoms with Gasteiger partial charge in [-0.1, -0.05) is 24.8 Å². The van der Waals surface area contributed by atoms with Gasteiger partial charge in [0.2, 0.25) is 0 Å². The summed E-state index contributed by atoms with van der Waals surface area (Å²) >= 11 is 1.54. The van der Waals surface area contributed by atoms with E-state index in [1.165, 1.54) is 0 Å². The first-order valence-electron chi connectivity index (χ1n) is 4.25. The first-order valence-corrected chi connectivity index (χ1v) is 5.13. The van der Waals surface area contributed by atoms with Crippen LogP contribution in [0.2, 0.25) is 0 Å². The Morgan fingerprint density at radius 2 is 2.46 bits per heavy atom. The van der Waals surface area contributed by atoms with Crippen LogP contribution in [0.25, 0.3) is 0 Å². The first-order chi connectivity index (χ1) is 6.27. The molecule has 1 atom stereocenters. The summed E-state index contributed by atoms with van der Waals surface area (Å²) in [6.45, 7) is 4.03. The van der Waals surface area contributed by atoms with Gasteiger partial charge in [0.05, 0.1) is 11.3 Å². The number of nitriles is 1. The van der Waals surface area contributed by atoms with Crippen LogP contribution < -0.4 is 0 Å². The predicted molar refractivity (Wildman–Crippen MR) is 54.5 cm³/mol. The van der Waals surface area contributed by atoms with Crippen LogP contribution in [0.15, 0.2) is 23.4 Å². The molecule has 3 heteroatoms. The fraction of sp³-hybridized carbons (Fsp3) is 0.400. The third-order valence-corrected chi connectivity index (χ3v) is 3.10. The van der Waals surface area contributed by atoms with E-state index in [2.05, 4.69) is 11.1 Å². The molecule has 0 aliphatic heterocycles. The number of pyridine rings is 1. The summed E-state index contributed by atoms with van der Waals surface area (Å²) in [7, 11) is 0. The molecule has 68 valence electrons. The minimum absolute atomic E-state index is 0.0219. The molecule has 0 aromatic carbocycles. The Hall–Kier alpha value is -1.01. The van der Waals surface area contributed by atoms with E-state index in [4.69, 9.17) is 5.26 Å². The highest BCUT2D eigenvalue weighted by Gasteiger charge is 2.08. The molecule has 0 aliphatic carbocycles. The Morgan fingerprint density at radius 3 is 3.00 bits per heavy atom. The van der Waals surface area contributed by atoms with E-state index in [1.807, 2.05) is 26.0 Å². The van der Waals surface area contributed by atoms with Crippen molar-refractivity contribution in [3.63, 3.8) is 0 Å². The van der Waals surface area contributed by atoms with Crippen LogP contribution in [0, 0.1) is 18.3 Å². The molecule has 0 fully saturated rings. The molecule has 0 amide bonds. The average molecular weight is 192 g/mol. The average Bonchev–Trinajstić information content (AvgIpc) is 2.17. The monoisotopic (exact) mass is 192 g/mol.